The van der Waals surface area contributed by atoms with Crippen LogP contribution in [0.15, 0.2) is 12.2 Å². The highest BCUT2D eigenvalue weighted by Gasteiger charge is 2.35. The van der Waals surface area contributed by atoms with Crippen LogP contribution >= 0.6 is 0 Å². The lowest BCUT2D eigenvalue weighted by Gasteiger charge is -2.27. The summed E-state index contributed by atoms with van der Waals surface area (Å²) in [4.78, 5) is 22.6. The molecule has 1 aliphatic rings. The lowest BCUT2D eigenvalue weighted by Crippen LogP contribution is -2.32. The third-order valence-corrected chi connectivity index (χ3v) is 2.84. The Hall–Kier alpha value is -1.12. The molecule has 0 bridgehead atoms. The van der Waals surface area contributed by atoms with Gasteiger partial charge in [0.05, 0.1) is 5.92 Å². The Morgan fingerprint density at radius 3 is 2.14 bits per heavy atom. The fourth-order valence-electron chi connectivity index (χ4n) is 2.06. The van der Waals surface area contributed by atoms with Crippen molar-refractivity contribution in [1.82, 2.24) is 0 Å². The van der Waals surface area contributed by atoms with Gasteiger partial charge in [-0.3, -0.25) is 9.59 Å². The van der Waals surface area contributed by atoms with Crippen molar-refractivity contribution in [2.45, 2.75) is 32.6 Å². The quantitative estimate of drug-likeness (QED) is 0.702. The molecule has 0 saturated heterocycles. The number of hydrogen-bond acceptors (Lipinski definition) is 2. The minimum Gasteiger partial charge on any atom is -0.481 e. The molecular formula is C11H16O3. The normalized spacial score (nSPS) is 26.9. The van der Waals surface area contributed by atoms with E-state index in [2.05, 4.69) is 6.58 Å². The van der Waals surface area contributed by atoms with E-state index in [1.807, 2.05) is 0 Å². The molecule has 2 atom stereocenters. The molecule has 0 unspecified atom stereocenters. The van der Waals surface area contributed by atoms with Gasteiger partial charge in [0.15, 0.2) is 5.78 Å². The molecule has 1 fully saturated rings. The van der Waals surface area contributed by atoms with E-state index in [4.69, 9.17) is 5.11 Å². The third kappa shape index (κ3) is 2.22. The second kappa shape index (κ2) is 4.40. The van der Waals surface area contributed by atoms with Crippen LogP contribution in [0.5, 0.6) is 0 Å². The van der Waals surface area contributed by atoms with Gasteiger partial charge in [-0.1, -0.05) is 19.4 Å². The molecule has 1 aliphatic carbocycles. The highest BCUT2D eigenvalue weighted by molar-refractivity contribution is 5.98. The maximum atomic E-state index is 11.6. The number of carbonyl (C=O) groups excluding carboxylic acids is 1. The fraction of sp³-hybridized carbons (Fsp3) is 0.636. The van der Waals surface area contributed by atoms with Gasteiger partial charge in [0.1, 0.15) is 0 Å². The molecule has 3 nitrogen and oxygen atoms in total. The zero-order chi connectivity index (χ0) is 10.7. The van der Waals surface area contributed by atoms with Gasteiger partial charge in [0.25, 0.3) is 0 Å². The molecule has 0 aliphatic heterocycles. The molecule has 78 valence electrons. The number of carboxylic acids is 1. The van der Waals surface area contributed by atoms with Crippen molar-refractivity contribution < 1.29 is 14.7 Å². The van der Waals surface area contributed by atoms with E-state index in [9.17, 15) is 9.59 Å². The molecule has 0 amide bonds. The highest BCUT2D eigenvalue weighted by Crippen LogP contribution is 2.32. The third-order valence-electron chi connectivity index (χ3n) is 2.84. The van der Waals surface area contributed by atoms with Gasteiger partial charge >= 0.3 is 5.97 Å². The van der Waals surface area contributed by atoms with Gasteiger partial charge in [-0.2, -0.15) is 0 Å². The summed E-state index contributed by atoms with van der Waals surface area (Å²) in [5.74, 6) is -1.74. The summed E-state index contributed by atoms with van der Waals surface area (Å²) in [6.45, 7) is 5.23. The fourth-order valence-corrected chi connectivity index (χ4v) is 2.06. The average Bonchev–Trinajstić information content (AvgIpc) is 2.16. The largest absolute Gasteiger partial charge is 0.481 e. The van der Waals surface area contributed by atoms with Crippen LogP contribution in [0, 0.1) is 11.8 Å². The Bertz CT molecular complexity index is 268. The van der Waals surface area contributed by atoms with Crippen LogP contribution in [-0.2, 0) is 9.59 Å². The molecule has 0 radical (unpaired) electrons. The summed E-state index contributed by atoms with van der Waals surface area (Å²) in [5, 5.41) is 8.96. The summed E-state index contributed by atoms with van der Waals surface area (Å²) in [6.07, 6.45) is 3.19. The second-order valence-corrected chi connectivity index (χ2v) is 3.98. The van der Waals surface area contributed by atoms with E-state index < -0.39 is 11.9 Å². The lowest BCUT2D eigenvalue weighted by atomic mass is 9.76. The Kier molecular flexibility index (Phi) is 3.44. The molecule has 0 aromatic carbocycles. The number of carboxylic acid groups (broad SMARTS) is 1. The summed E-state index contributed by atoms with van der Waals surface area (Å²) in [5.41, 5.74) is 0.475. The number of allylic oxidation sites excluding steroid dienone is 1. The van der Waals surface area contributed by atoms with Gasteiger partial charge in [0.2, 0.25) is 0 Å². The van der Waals surface area contributed by atoms with Crippen molar-refractivity contribution in [3.05, 3.63) is 12.2 Å². The monoisotopic (exact) mass is 196 g/mol. The smallest absolute Gasteiger partial charge is 0.307 e. The van der Waals surface area contributed by atoms with E-state index >= 15 is 0 Å². The van der Waals surface area contributed by atoms with Gasteiger partial charge in [-0.05, 0) is 25.3 Å². The number of carbonyl (C=O) groups is 2. The van der Waals surface area contributed by atoms with Crippen molar-refractivity contribution in [2.75, 3.05) is 0 Å². The SMILES string of the molecule is C=C(C)C(=O)[C@@H]1CCCC[C@H]1C(=O)O. The number of ketones is 1. The topological polar surface area (TPSA) is 54.4 Å². The minimum atomic E-state index is -0.843. The highest BCUT2D eigenvalue weighted by atomic mass is 16.4. The van der Waals surface area contributed by atoms with E-state index in [0.717, 1.165) is 12.8 Å². The first-order chi connectivity index (χ1) is 6.54. The Labute approximate surface area is 83.8 Å². The first kappa shape index (κ1) is 11.0. The van der Waals surface area contributed by atoms with Gasteiger partial charge in [-0.25, -0.2) is 0 Å². The zero-order valence-corrected chi connectivity index (χ0v) is 8.45. The first-order valence-corrected chi connectivity index (χ1v) is 4.96. The lowest BCUT2D eigenvalue weighted by molar-refractivity contribution is -0.147. The van der Waals surface area contributed by atoms with Crippen LogP contribution < -0.4 is 0 Å². The number of Topliss-reactive ketones (excluding diaryl/α,β-unsaturated/α-hetero) is 1. The van der Waals surface area contributed by atoms with Crippen LogP contribution in [0.3, 0.4) is 0 Å². The molecule has 0 spiro atoms. The predicted molar refractivity (Wildman–Crippen MR) is 52.9 cm³/mol. The number of aliphatic carboxylic acids is 1. The molecule has 1 saturated carbocycles. The van der Waals surface area contributed by atoms with Crippen molar-refractivity contribution in [3.63, 3.8) is 0 Å². The molecule has 14 heavy (non-hydrogen) atoms. The number of hydrogen-bond donors (Lipinski definition) is 1. The van der Waals surface area contributed by atoms with E-state index in [1.165, 1.54) is 0 Å². The van der Waals surface area contributed by atoms with Crippen LogP contribution in [0.2, 0.25) is 0 Å². The van der Waals surface area contributed by atoms with Crippen LogP contribution in [0.4, 0.5) is 0 Å². The summed E-state index contributed by atoms with van der Waals surface area (Å²) in [6, 6.07) is 0. The van der Waals surface area contributed by atoms with Crippen molar-refractivity contribution in [2.24, 2.45) is 11.8 Å². The molecule has 0 aromatic rings. The average molecular weight is 196 g/mol. The van der Waals surface area contributed by atoms with Gasteiger partial charge < -0.3 is 5.11 Å². The molecular weight excluding hydrogens is 180 g/mol. The van der Waals surface area contributed by atoms with E-state index in [1.54, 1.807) is 6.92 Å². The second-order valence-electron chi connectivity index (χ2n) is 3.98. The van der Waals surface area contributed by atoms with Crippen molar-refractivity contribution in [3.8, 4) is 0 Å². The summed E-state index contributed by atoms with van der Waals surface area (Å²) >= 11 is 0. The van der Waals surface area contributed by atoms with Crippen LogP contribution in [-0.4, -0.2) is 16.9 Å². The van der Waals surface area contributed by atoms with Crippen molar-refractivity contribution >= 4 is 11.8 Å². The standard InChI is InChI=1S/C11H16O3/c1-7(2)10(12)8-5-3-4-6-9(8)11(13)14/h8-9H,1,3-6H2,2H3,(H,13,14)/t8-,9-/m1/s1. The maximum absolute atomic E-state index is 11.6. The predicted octanol–water partition coefficient (Wildman–Crippen LogP) is 2.02. The maximum Gasteiger partial charge on any atom is 0.307 e. The summed E-state index contributed by atoms with van der Waals surface area (Å²) in [7, 11) is 0. The first-order valence-electron chi connectivity index (χ1n) is 4.96. The van der Waals surface area contributed by atoms with Crippen LogP contribution in [0.25, 0.3) is 0 Å². The summed E-state index contributed by atoms with van der Waals surface area (Å²) < 4.78 is 0. The minimum absolute atomic E-state index is 0.0721. The Morgan fingerprint density at radius 1 is 1.21 bits per heavy atom. The van der Waals surface area contributed by atoms with Crippen molar-refractivity contribution in [1.29, 1.82) is 0 Å². The number of rotatable bonds is 3. The molecule has 1 rings (SSSR count). The van der Waals surface area contributed by atoms with Gasteiger partial charge in [-0.15, -0.1) is 0 Å². The van der Waals surface area contributed by atoms with E-state index in [0.29, 0.717) is 18.4 Å². The van der Waals surface area contributed by atoms with Gasteiger partial charge in [0, 0.05) is 5.92 Å². The van der Waals surface area contributed by atoms with E-state index in [-0.39, 0.29) is 11.7 Å². The molecule has 0 heterocycles. The van der Waals surface area contributed by atoms with Crippen LogP contribution in [0.1, 0.15) is 32.6 Å². The molecule has 0 aromatic heterocycles. The Morgan fingerprint density at radius 2 is 1.71 bits per heavy atom. The molecule has 3 heteroatoms. The molecule has 1 N–H and O–H groups in total. The Balaban J connectivity index is 2.77. The zero-order valence-electron chi connectivity index (χ0n) is 8.45.